The lowest BCUT2D eigenvalue weighted by Gasteiger charge is -2.23. The molecule has 0 bridgehead atoms. The maximum absolute atomic E-state index is 10.4. The number of anilines is 2. The molecule has 0 aromatic carbocycles. The minimum Gasteiger partial charge on any atom is -0.388 e. The molecule has 0 radical (unpaired) electrons. The minimum absolute atomic E-state index is 0.528. The molecule has 20 heavy (non-hydrogen) atoms. The molecule has 0 atom stereocenters. The van der Waals surface area contributed by atoms with Gasteiger partial charge in [0, 0.05) is 18.5 Å². The maximum Gasteiger partial charge on any atom is 0.148 e. The van der Waals surface area contributed by atoms with Gasteiger partial charge in [0.2, 0.25) is 0 Å². The Labute approximate surface area is 120 Å². The first-order chi connectivity index (χ1) is 9.58. The van der Waals surface area contributed by atoms with E-state index in [-0.39, 0.29) is 0 Å². The number of aliphatic hydroxyl groups is 1. The molecule has 0 saturated heterocycles. The second-order valence-corrected chi connectivity index (χ2v) is 5.64. The Morgan fingerprint density at radius 2 is 1.90 bits per heavy atom. The normalized spacial score (nSPS) is 17.2. The first-order valence-electron chi connectivity index (χ1n) is 7.38. The zero-order valence-corrected chi connectivity index (χ0v) is 12.4. The summed E-state index contributed by atoms with van der Waals surface area (Å²) in [6.45, 7) is 4.54. The topological polar surface area (TPSA) is 96.1 Å². The van der Waals surface area contributed by atoms with Crippen LogP contribution in [0.4, 0.5) is 11.6 Å². The van der Waals surface area contributed by atoms with E-state index in [1.54, 1.807) is 0 Å². The molecule has 0 spiro atoms. The third-order valence-corrected chi connectivity index (χ3v) is 3.92. The highest BCUT2D eigenvalue weighted by Gasteiger charge is 2.31. The van der Waals surface area contributed by atoms with Crippen molar-refractivity contribution in [3.05, 3.63) is 11.4 Å². The van der Waals surface area contributed by atoms with Crippen LogP contribution < -0.4 is 16.6 Å². The zero-order chi connectivity index (χ0) is 14.6. The van der Waals surface area contributed by atoms with Crippen molar-refractivity contribution in [3.63, 3.8) is 0 Å². The SMILES string of the molecule is CCCc1nc(NN)c(C)c(NCC2(O)CCCC2)n1. The number of nitrogen functional groups attached to an aromatic ring is 1. The number of hydrogen-bond acceptors (Lipinski definition) is 6. The predicted molar refractivity (Wildman–Crippen MR) is 80.5 cm³/mol. The van der Waals surface area contributed by atoms with Gasteiger partial charge in [0.1, 0.15) is 17.5 Å². The Morgan fingerprint density at radius 3 is 2.50 bits per heavy atom. The number of hydrogen-bond donors (Lipinski definition) is 4. The number of nitrogens with zero attached hydrogens (tertiary/aromatic N) is 2. The second kappa shape index (κ2) is 6.37. The van der Waals surface area contributed by atoms with E-state index in [4.69, 9.17) is 5.84 Å². The molecule has 0 aliphatic heterocycles. The molecule has 1 aromatic rings. The molecule has 1 aliphatic rings. The molecule has 2 rings (SSSR count). The largest absolute Gasteiger partial charge is 0.388 e. The maximum atomic E-state index is 10.4. The fourth-order valence-electron chi connectivity index (χ4n) is 2.67. The first kappa shape index (κ1) is 15.0. The van der Waals surface area contributed by atoms with Crippen molar-refractivity contribution in [2.45, 2.75) is 58.0 Å². The van der Waals surface area contributed by atoms with Crippen LogP contribution in [0.1, 0.15) is 50.4 Å². The molecular weight excluding hydrogens is 254 g/mol. The van der Waals surface area contributed by atoms with Gasteiger partial charge in [-0.1, -0.05) is 19.8 Å². The quantitative estimate of drug-likeness (QED) is 0.468. The van der Waals surface area contributed by atoms with Crippen LogP contribution in [0.2, 0.25) is 0 Å². The second-order valence-electron chi connectivity index (χ2n) is 5.64. The monoisotopic (exact) mass is 279 g/mol. The fraction of sp³-hybridized carbons (Fsp3) is 0.714. The molecule has 1 heterocycles. The van der Waals surface area contributed by atoms with Crippen LogP contribution in [0.3, 0.4) is 0 Å². The fourth-order valence-corrected chi connectivity index (χ4v) is 2.67. The van der Waals surface area contributed by atoms with Crippen molar-refractivity contribution in [2.24, 2.45) is 5.84 Å². The molecule has 6 heteroatoms. The first-order valence-corrected chi connectivity index (χ1v) is 7.38. The van der Waals surface area contributed by atoms with E-state index >= 15 is 0 Å². The van der Waals surface area contributed by atoms with E-state index < -0.39 is 5.60 Å². The van der Waals surface area contributed by atoms with Crippen LogP contribution in [-0.4, -0.2) is 27.2 Å². The summed E-state index contributed by atoms with van der Waals surface area (Å²) in [5.74, 6) is 7.69. The Morgan fingerprint density at radius 1 is 1.25 bits per heavy atom. The van der Waals surface area contributed by atoms with Crippen LogP contribution in [-0.2, 0) is 6.42 Å². The zero-order valence-electron chi connectivity index (χ0n) is 12.4. The lowest BCUT2D eigenvalue weighted by molar-refractivity contribution is 0.0614. The summed E-state index contributed by atoms with van der Waals surface area (Å²) in [6.07, 6.45) is 5.70. The number of nitrogens with one attached hydrogen (secondary N) is 2. The Kier molecular flexibility index (Phi) is 4.77. The van der Waals surface area contributed by atoms with Crippen molar-refractivity contribution >= 4 is 11.6 Å². The highest BCUT2D eigenvalue weighted by molar-refractivity contribution is 5.56. The average molecular weight is 279 g/mol. The molecule has 1 fully saturated rings. The van der Waals surface area contributed by atoms with Gasteiger partial charge in [-0.2, -0.15) is 0 Å². The third kappa shape index (κ3) is 3.37. The van der Waals surface area contributed by atoms with E-state index in [0.717, 1.165) is 55.7 Å². The van der Waals surface area contributed by atoms with Crippen molar-refractivity contribution in [1.82, 2.24) is 9.97 Å². The smallest absolute Gasteiger partial charge is 0.148 e. The Hall–Kier alpha value is -1.40. The summed E-state index contributed by atoms with van der Waals surface area (Å²) in [7, 11) is 0. The van der Waals surface area contributed by atoms with Crippen molar-refractivity contribution < 1.29 is 5.11 Å². The number of hydrazine groups is 1. The van der Waals surface area contributed by atoms with Gasteiger partial charge in [-0.05, 0) is 26.2 Å². The van der Waals surface area contributed by atoms with Gasteiger partial charge in [-0.3, -0.25) is 0 Å². The number of rotatable bonds is 6. The van der Waals surface area contributed by atoms with E-state index in [9.17, 15) is 5.11 Å². The van der Waals surface area contributed by atoms with Crippen LogP contribution in [0.5, 0.6) is 0 Å². The number of aromatic nitrogens is 2. The summed E-state index contributed by atoms with van der Waals surface area (Å²) >= 11 is 0. The van der Waals surface area contributed by atoms with Gasteiger partial charge in [-0.25, -0.2) is 15.8 Å². The highest BCUT2D eigenvalue weighted by atomic mass is 16.3. The molecule has 0 amide bonds. The van der Waals surface area contributed by atoms with Crippen LogP contribution in [0.15, 0.2) is 0 Å². The van der Waals surface area contributed by atoms with Gasteiger partial charge in [0.05, 0.1) is 5.60 Å². The van der Waals surface area contributed by atoms with E-state index in [0.29, 0.717) is 12.4 Å². The molecule has 1 aliphatic carbocycles. The lowest BCUT2D eigenvalue weighted by Crippen LogP contribution is -2.34. The number of nitrogens with two attached hydrogens (primary N) is 1. The summed E-state index contributed by atoms with van der Waals surface area (Å²) < 4.78 is 0. The van der Waals surface area contributed by atoms with E-state index in [1.165, 1.54) is 0 Å². The molecule has 1 aromatic heterocycles. The van der Waals surface area contributed by atoms with Crippen molar-refractivity contribution in [3.8, 4) is 0 Å². The van der Waals surface area contributed by atoms with Gasteiger partial charge >= 0.3 is 0 Å². The lowest BCUT2D eigenvalue weighted by atomic mass is 10.0. The van der Waals surface area contributed by atoms with Crippen LogP contribution >= 0.6 is 0 Å². The summed E-state index contributed by atoms with van der Waals surface area (Å²) in [5.41, 5.74) is 2.90. The van der Waals surface area contributed by atoms with Crippen molar-refractivity contribution in [2.75, 3.05) is 17.3 Å². The molecule has 0 unspecified atom stereocenters. The highest BCUT2D eigenvalue weighted by Crippen LogP contribution is 2.30. The number of aryl methyl sites for hydroxylation is 1. The summed E-state index contributed by atoms with van der Waals surface area (Å²) in [5, 5.41) is 13.7. The minimum atomic E-state index is -0.599. The van der Waals surface area contributed by atoms with Gasteiger partial charge in [-0.15, -0.1) is 0 Å². The third-order valence-electron chi connectivity index (χ3n) is 3.92. The summed E-state index contributed by atoms with van der Waals surface area (Å²) in [6, 6.07) is 0. The van der Waals surface area contributed by atoms with Crippen LogP contribution in [0.25, 0.3) is 0 Å². The van der Waals surface area contributed by atoms with Crippen molar-refractivity contribution in [1.29, 1.82) is 0 Å². The van der Waals surface area contributed by atoms with Gasteiger partial charge in [0.25, 0.3) is 0 Å². The average Bonchev–Trinajstić information content (AvgIpc) is 2.86. The van der Waals surface area contributed by atoms with Gasteiger partial charge in [0.15, 0.2) is 0 Å². The molecule has 1 saturated carbocycles. The molecule has 112 valence electrons. The van der Waals surface area contributed by atoms with E-state index in [1.807, 2.05) is 6.92 Å². The molecule has 5 N–H and O–H groups in total. The predicted octanol–water partition coefficient (Wildman–Crippen LogP) is 1.74. The van der Waals surface area contributed by atoms with E-state index in [2.05, 4.69) is 27.6 Å². The van der Waals surface area contributed by atoms with Gasteiger partial charge < -0.3 is 15.8 Å². The summed E-state index contributed by atoms with van der Waals surface area (Å²) in [4.78, 5) is 8.92. The Bertz CT molecular complexity index is 457. The Balaban J connectivity index is 2.14. The molecule has 6 nitrogen and oxygen atoms in total. The van der Waals surface area contributed by atoms with Crippen LogP contribution in [0, 0.1) is 6.92 Å². The molecular formula is C14H25N5O. The standard InChI is InChI=1S/C14H25N5O/c1-3-6-11-17-12(10(2)13(18-11)19-15)16-9-14(20)7-4-5-8-14/h20H,3-9,15H2,1-2H3,(H2,16,17,18,19).